The van der Waals surface area contributed by atoms with Gasteiger partial charge in [-0.1, -0.05) is 12.1 Å². The number of carbonyl (C=O) groups is 1. The molecule has 1 aliphatic heterocycles. The maximum Gasteiger partial charge on any atom is 0.169 e. The molecule has 1 fully saturated rings. The summed E-state index contributed by atoms with van der Waals surface area (Å²) in [4.78, 5) is 12.4. The number of aromatic hydroxyl groups is 2. The van der Waals surface area contributed by atoms with Crippen LogP contribution in [0.1, 0.15) is 17.5 Å². The van der Waals surface area contributed by atoms with E-state index in [0.29, 0.717) is 34.0 Å². The number of carbonyl (C=O) groups excluding carboxylic acids is 1. The Morgan fingerprint density at radius 2 is 1.48 bits per heavy atom. The van der Waals surface area contributed by atoms with Crippen molar-refractivity contribution in [1.29, 1.82) is 0 Å². The number of methoxy groups -OCH3 is 2. The van der Waals surface area contributed by atoms with Crippen LogP contribution < -0.4 is 9.47 Å². The van der Waals surface area contributed by atoms with Gasteiger partial charge in [0.2, 0.25) is 0 Å². The van der Waals surface area contributed by atoms with Gasteiger partial charge in [0.15, 0.2) is 28.8 Å². The quantitative estimate of drug-likeness (QED) is 0.803. The van der Waals surface area contributed by atoms with Gasteiger partial charge in [0.1, 0.15) is 12.4 Å². The second-order valence-electron chi connectivity index (χ2n) is 6.03. The largest absolute Gasteiger partial charge is 0.504 e. The molecule has 2 aromatic rings. The molecule has 1 saturated heterocycles. The number of hydrogen-bond donors (Lipinski definition) is 2. The Morgan fingerprint density at radius 1 is 0.926 bits per heavy atom. The molecule has 6 nitrogen and oxygen atoms in total. The maximum absolute atomic E-state index is 12.4. The molecule has 2 aromatic carbocycles. The Bertz CT molecular complexity index is 926. The van der Waals surface area contributed by atoms with E-state index >= 15 is 0 Å². The highest BCUT2D eigenvalue weighted by atomic mass is 16.5. The first-order valence-electron chi connectivity index (χ1n) is 8.31. The zero-order valence-electron chi connectivity index (χ0n) is 15.1. The lowest BCUT2D eigenvalue weighted by Gasteiger charge is -2.18. The highest BCUT2D eigenvalue weighted by molar-refractivity contribution is 6.02. The highest BCUT2D eigenvalue weighted by Crippen LogP contribution is 2.30. The number of Topliss-reactive ketones (excluding diaryl/α,β-unsaturated/α-hetero) is 1. The van der Waals surface area contributed by atoms with Gasteiger partial charge >= 0.3 is 0 Å². The molecular formula is C21H20O6. The molecule has 0 saturated carbocycles. The molecule has 3 rings (SSSR count). The molecule has 27 heavy (non-hydrogen) atoms. The van der Waals surface area contributed by atoms with Gasteiger partial charge < -0.3 is 24.4 Å². The van der Waals surface area contributed by atoms with Crippen LogP contribution in [0.2, 0.25) is 0 Å². The highest BCUT2D eigenvalue weighted by Gasteiger charge is 2.20. The van der Waals surface area contributed by atoms with Crippen molar-refractivity contribution in [3.8, 4) is 23.0 Å². The van der Waals surface area contributed by atoms with Crippen LogP contribution in [0, 0.1) is 0 Å². The standard InChI is InChI=1S/C21H20O6/c1-25-20-5-3-13(9-18(20)23)7-15-12-27-16(11-17(15)22)8-14-4-6-21(26-2)19(24)10-14/h3-10,23-24H,11-12H2,1-2H3. The Labute approximate surface area is 156 Å². The normalized spacial score (nSPS) is 17.0. The zero-order chi connectivity index (χ0) is 19.4. The van der Waals surface area contributed by atoms with E-state index in [4.69, 9.17) is 14.2 Å². The van der Waals surface area contributed by atoms with Gasteiger partial charge in [-0.25, -0.2) is 0 Å². The molecule has 0 radical (unpaired) electrons. The Balaban J connectivity index is 1.74. The van der Waals surface area contributed by atoms with Crippen LogP contribution in [0.4, 0.5) is 0 Å². The molecule has 0 aliphatic carbocycles. The summed E-state index contributed by atoms with van der Waals surface area (Å²) >= 11 is 0. The molecule has 0 amide bonds. The first-order valence-corrected chi connectivity index (χ1v) is 8.31. The van der Waals surface area contributed by atoms with Crippen molar-refractivity contribution in [2.24, 2.45) is 0 Å². The van der Waals surface area contributed by atoms with Crippen molar-refractivity contribution >= 4 is 17.9 Å². The Morgan fingerprint density at radius 3 is 1.96 bits per heavy atom. The van der Waals surface area contributed by atoms with Crippen molar-refractivity contribution in [2.75, 3.05) is 20.8 Å². The van der Waals surface area contributed by atoms with Crippen molar-refractivity contribution in [3.05, 3.63) is 58.9 Å². The molecule has 6 heteroatoms. The number of hydrogen-bond acceptors (Lipinski definition) is 6. The molecule has 0 unspecified atom stereocenters. The second-order valence-corrected chi connectivity index (χ2v) is 6.03. The van der Waals surface area contributed by atoms with Crippen LogP contribution in [-0.2, 0) is 9.53 Å². The minimum absolute atomic E-state index is 0.0101. The van der Waals surface area contributed by atoms with Crippen LogP contribution in [0.25, 0.3) is 12.2 Å². The smallest absolute Gasteiger partial charge is 0.169 e. The minimum Gasteiger partial charge on any atom is -0.504 e. The maximum atomic E-state index is 12.4. The number of ether oxygens (including phenoxy) is 3. The van der Waals surface area contributed by atoms with Crippen LogP contribution in [-0.4, -0.2) is 36.8 Å². The molecule has 2 N–H and O–H groups in total. The van der Waals surface area contributed by atoms with Crippen LogP contribution in [0.15, 0.2) is 47.7 Å². The molecule has 0 bridgehead atoms. The van der Waals surface area contributed by atoms with Gasteiger partial charge in [0.25, 0.3) is 0 Å². The van der Waals surface area contributed by atoms with Crippen LogP contribution in [0.5, 0.6) is 23.0 Å². The van der Waals surface area contributed by atoms with E-state index in [-0.39, 0.29) is 30.3 Å². The molecule has 0 aromatic heterocycles. The third-order valence-electron chi connectivity index (χ3n) is 4.18. The van der Waals surface area contributed by atoms with Crippen molar-refractivity contribution < 1.29 is 29.2 Å². The molecule has 140 valence electrons. The molecular weight excluding hydrogens is 348 g/mol. The predicted octanol–water partition coefficient (Wildman–Crippen LogP) is 3.53. The monoisotopic (exact) mass is 368 g/mol. The summed E-state index contributed by atoms with van der Waals surface area (Å²) in [6.45, 7) is 0.138. The van der Waals surface area contributed by atoms with E-state index < -0.39 is 0 Å². The van der Waals surface area contributed by atoms with E-state index in [1.807, 2.05) is 0 Å². The fourth-order valence-electron chi connectivity index (χ4n) is 2.77. The van der Waals surface area contributed by atoms with Gasteiger partial charge in [-0.15, -0.1) is 0 Å². The van der Waals surface area contributed by atoms with Gasteiger partial charge in [0, 0.05) is 5.57 Å². The molecule has 0 atom stereocenters. The summed E-state index contributed by atoms with van der Waals surface area (Å²) in [6, 6.07) is 9.89. The van der Waals surface area contributed by atoms with Gasteiger partial charge in [-0.2, -0.15) is 0 Å². The number of benzene rings is 2. The van der Waals surface area contributed by atoms with Crippen molar-refractivity contribution in [3.63, 3.8) is 0 Å². The van der Waals surface area contributed by atoms with Crippen molar-refractivity contribution in [2.45, 2.75) is 6.42 Å². The number of ketones is 1. The second kappa shape index (κ2) is 7.86. The topological polar surface area (TPSA) is 85.2 Å². The summed E-state index contributed by atoms with van der Waals surface area (Å²) in [5, 5.41) is 19.7. The van der Waals surface area contributed by atoms with E-state index in [0.717, 1.165) is 0 Å². The average Bonchev–Trinajstić information content (AvgIpc) is 2.64. The third kappa shape index (κ3) is 4.23. The summed E-state index contributed by atoms with van der Waals surface area (Å²) in [5.41, 5.74) is 1.92. The first kappa shape index (κ1) is 18.4. The van der Waals surface area contributed by atoms with Crippen molar-refractivity contribution in [1.82, 2.24) is 0 Å². The van der Waals surface area contributed by atoms with E-state index in [9.17, 15) is 15.0 Å². The van der Waals surface area contributed by atoms with E-state index in [1.165, 1.54) is 20.3 Å². The fourth-order valence-corrected chi connectivity index (χ4v) is 2.77. The SMILES string of the molecule is COc1ccc(C=C2CC(=O)C(=Cc3ccc(OC)c(O)c3)CO2)cc1O. The third-order valence-corrected chi connectivity index (χ3v) is 4.18. The summed E-state index contributed by atoms with van der Waals surface area (Å²) < 4.78 is 15.7. The summed E-state index contributed by atoms with van der Waals surface area (Å²) in [6.07, 6.45) is 3.53. The molecule has 1 heterocycles. The summed E-state index contributed by atoms with van der Waals surface area (Å²) in [5.74, 6) is 1.26. The number of allylic oxidation sites excluding steroid dienone is 1. The number of phenols is 2. The van der Waals surface area contributed by atoms with Gasteiger partial charge in [-0.3, -0.25) is 4.79 Å². The van der Waals surface area contributed by atoms with E-state index in [2.05, 4.69) is 0 Å². The zero-order valence-corrected chi connectivity index (χ0v) is 15.1. The fraction of sp³-hybridized carbons (Fsp3) is 0.190. The van der Waals surface area contributed by atoms with E-state index in [1.54, 1.807) is 42.5 Å². The molecule has 1 aliphatic rings. The minimum atomic E-state index is -0.0551. The number of phenolic OH excluding ortho intramolecular Hbond substituents is 2. The lowest BCUT2D eigenvalue weighted by molar-refractivity contribution is -0.117. The molecule has 0 spiro atoms. The summed E-state index contributed by atoms with van der Waals surface area (Å²) in [7, 11) is 2.95. The van der Waals surface area contributed by atoms with Crippen LogP contribution in [0.3, 0.4) is 0 Å². The lowest BCUT2D eigenvalue weighted by Crippen LogP contribution is -2.17. The number of rotatable bonds is 4. The van der Waals surface area contributed by atoms with Gasteiger partial charge in [-0.05, 0) is 47.5 Å². The average molecular weight is 368 g/mol. The van der Waals surface area contributed by atoms with Gasteiger partial charge in [0.05, 0.1) is 20.6 Å². The lowest BCUT2D eigenvalue weighted by atomic mass is 10.0. The predicted molar refractivity (Wildman–Crippen MR) is 101 cm³/mol. The van der Waals surface area contributed by atoms with Crippen LogP contribution >= 0.6 is 0 Å². The first-order chi connectivity index (χ1) is 13.0. The Kier molecular flexibility index (Phi) is 5.35. The Hall–Kier alpha value is -3.41.